The first-order chi connectivity index (χ1) is 18.9. The van der Waals surface area contributed by atoms with E-state index in [-0.39, 0.29) is 5.91 Å². The first-order valence-electron chi connectivity index (χ1n) is 12.8. The summed E-state index contributed by atoms with van der Waals surface area (Å²) in [6.45, 7) is 1.34. The minimum absolute atomic E-state index is 0.252. The fourth-order valence-electron chi connectivity index (χ4n) is 4.46. The number of methoxy groups -OCH3 is 2. The van der Waals surface area contributed by atoms with Crippen molar-refractivity contribution in [3.63, 3.8) is 0 Å². The molecule has 1 aliphatic rings. The van der Waals surface area contributed by atoms with Crippen molar-refractivity contribution in [1.82, 2.24) is 4.90 Å². The molecule has 0 saturated carbocycles. The van der Waals surface area contributed by atoms with Crippen molar-refractivity contribution in [3.05, 3.63) is 83.9 Å². The van der Waals surface area contributed by atoms with E-state index in [0.717, 1.165) is 34.9 Å². The van der Waals surface area contributed by atoms with Gasteiger partial charge in [0.15, 0.2) is 6.10 Å². The highest BCUT2D eigenvalue weighted by Gasteiger charge is 2.39. The summed E-state index contributed by atoms with van der Waals surface area (Å²) in [6, 6.07) is 23.3. The number of anilines is 1. The molecule has 206 valence electrons. The van der Waals surface area contributed by atoms with Crippen LogP contribution in [0.2, 0.25) is 0 Å². The fraction of sp³-hybridized carbons (Fsp3) is 0.333. The number of carboxylic acid groups (broad SMARTS) is 1. The predicted octanol–water partition coefficient (Wildman–Crippen LogP) is 4.53. The lowest BCUT2D eigenvalue weighted by molar-refractivity contribution is -0.147. The Bertz CT molecular complexity index is 1250. The van der Waals surface area contributed by atoms with Gasteiger partial charge in [0.25, 0.3) is 5.91 Å². The highest BCUT2D eigenvalue weighted by atomic mass is 32.2. The second kappa shape index (κ2) is 13.5. The molecular weight excluding hydrogens is 516 g/mol. The number of nitrogens with zero attached hydrogens (tertiary/aromatic N) is 2. The molecule has 2 atom stereocenters. The first-order valence-corrected chi connectivity index (χ1v) is 13.6. The summed E-state index contributed by atoms with van der Waals surface area (Å²) in [5.74, 6) is 0.160. The number of rotatable bonds is 12. The minimum atomic E-state index is -1.12. The van der Waals surface area contributed by atoms with Gasteiger partial charge in [-0.2, -0.15) is 0 Å². The Morgan fingerprint density at radius 1 is 0.949 bits per heavy atom. The molecule has 1 aliphatic heterocycles. The molecule has 0 bridgehead atoms. The first kappa shape index (κ1) is 28.5. The Hall–Kier alpha value is -3.53. The Labute approximate surface area is 233 Å². The van der Waals surface area contributed by atoms with Gasteiger partial charge in [-0.05, 0) is 61.0 Å². The zero-order valence-corrected chi connectivity index (χ0v) is 23.2. The van der Waals surface area contributed by atoms with E-state index in [1.807, 2.05) is 67.7 Å². The van der Waals surface area contributed by atoms with E-state index in [1.54, 1.807) is 19.1 Å². The van der Waals surface area contributed by atoms with E-state index in [1.165, 1.54) is 17.3 Å². The van der Waals surface area contributed by atoms with Gasteiger partial charge in [-0.3, -0.25) is 4.79 Å². The number of ether oxygens (including phenoxy) is 3. The molecule has 1 amide bonds. The summed E-state index contributed by atoms with van der Waals surface area (Å²) in [5, 5.41) is 8.91. The summed E-state index contributed by atoms with van der Waals surface area (Å²) < 4.78 is 16.3. The van der Waals surface area contributed by atoms with Gasteiger partial charge in [0.05, 0.1) is 25.2 Å². The van der Waals surface area contributed by atoms with Crippen molar-refractivity contribution < 1.29 is 28.9 Å². The van der Waals surface area contributed by atoms with Gasteiger partial charge in [0.1, 0.15) is 18.1 Å². The van der Waals surface area contributed by atoms with Crippen LogP contribution in [0.3, 0.4) is 0 Å². The van der Waals surface area contributed by atoms with E-state index < -0.39 is 23.9 Å². The highest BCUT2D eigenvalue weighted by molar-refractivity contribution is 7.99. The van der Waals surface area contributed by atoms with Crippen LogP contribution in [0.25, 0.3) is 0 Å². The number of benzene rings is 3. The number of hydrogen-bond donors (Lipinski definition) is 1. The lowest BCUT2D eigenvalue weighted by Gasteiger charge is -2.29. The Morgan fingerprint density at radius 3 is 2.23 bits per heavy atom. The third kappa shape index (κ3) is 7.32. The Morgan fingerprint density at radius 2 is 1.59 bits per heavy atom. The largest absolute Gasteiger partial charge is 0.497 e. The van der Waals surface area contributed by atoms with Crippen molar-refractivity contribution in [1.29, 1.82) is 0 Å². The molecule has 0 radical (unpaired) electrons. The van der Waals surface area contributed by atoms with Gasteiger partial charge in [-0.25, -0.2) is 4.79 Å². The quantitative estimate of drug-likeness (QED) is 0.352. The standard InChI is InChI=1S/C30H34N2O6S/c1-31(17-16-21-8-12-23(36-2)13-9-21)18-19-32-25-6-4-5-7-26(25)39-29(22-10-14-24(37-3)15-11-22)28(30(32)35)38-20-27(33)34/h4-15,28-29H,16-20H2,1-3H3,(H,33,34)/t28-,29+/m0/s1. The van der Waals surface area contributed by atoms with Crippen LogP contribution in [-0.2, 0) is 20.7 Å². The topological polar surface area (TPSA) is 88.5 Å². The maximum atomic E-state index is 14.0. The van der Waals surface area contributed by atoms with E-state index in [0.29, 0.717) is 18.8 Å². The smallest absolute Gasteiger partial charge is 0.329 e. The monoisotopic (exact) mass is 550 g/mol. The van der Waals surface area contributed by atoms with Crippen LogP contribution < -0.4 is 14.4 Å². The maximum absolute atomic E-state index is 14.0. The molecule has 0 saturated heterocycles. The number of carbonyl (C=O) groups is 2. The number of hydrogen-bond acceptors (Lipinski definition) is 7. The number of para-hydroxylation sites is 1. The van der Waals surface area contributed by atoms with Crippen molar-refractivity contribution in [2.24, 2.45) is 0 Å². The SMILES string of the molecule is COc1ccc(CCN(C)CCN2C(=O)[C@@H](OCC(=O)O)[C@@H](c3ccc(OC)cc3)Sc3ccccc32)cc1. The Kier molecular flexibility index (Phi) is 9.86. The number of likely N-dealkylation sites (N-methyl/N-ethyl adjacent to an activating group) is 1. The molecule has 0 aliphatic carbocycles. The van der Waals surface area contributed by atoms with Crippen LogP contribution >= 0.6 is 11.8 Å². The Balaban J connectivity index is 1.54. The van der Waals surface area contributed by atoms with Gasteiger partial charge >= 0.3 is 5.97 Å². The minimum Gasteiger partial charge on any atom is -0.497 e. The number of thioether (sulfide) groups is 1. The van der Waals surface area contributed by atoms with Gasteiger partial charge in [-0.15, -0.1) is 11.8 Å². The van der Waals surface area contributed by atoms with E-state index in [2.05, 4.69) is 17.0 Å². The van der Waals surface area contributed by atoms with Crippen LogP contribution in [0.5, 0.6) is 11.5 Å². The fourth-order valence-corrected chi connectivity index (χ4v) is 5.80. The molecule has 0 fully saturated rings. The zero-order valence-electron chi connectivity index (χ0n) is 22.4. The van der Waals surface area contributed by atoms with Crippen LogP contribution in [-0.4, -0.2) is 75.5 Å². The maximum Gasteiger partial charge on any atom is 0.329 e. The average molecular weight is 551 g/mol. The summed E-state index contributed by atoms with van der Waals surface area (Å²) in [7, 11) is 5.28. The molecule has 0 unspecified atom stereocenters. The van der Waals surface area contributed by atoms with Crippen molar-refractivity contribution in [3.8, 4) is 11.5 Å². The second-order valence-corrected chi connectivity index (χ2v) is 10.5. The van der Waals surface area contributed by atoms with Crippen LogP contribution in [0.1, 0.15) is 16.4 Å². The molecule has 9 heteroatoms. The van der Waals surface area contributed by atoms with Gasteiger partial charge in [0.2, 0.25) is 0 Å². The number of amides is 1. The molecule has 0 spiro atoms. The number of carboxylic acids is 1. The molecule has 39 heavy (non-hydrogen) atoms. The van der Waals surface area contributed by atoms with Gasteiger partial charge in [0, 0.05) is 24.5 Å². The summed E-state index contributed by atoms with van der Waals surface area (Å²) >= 11 is 1.51. The van der Waals surface area contributed by atoms with Crippen LogP contribution in [0.4, 0.5) is 5.69 Å². The molecule has 1 heterocycles. The van der Waals surface area contributed by atoms with Crippen molar-refractivity contribution in [2.45, 2.75) is 22.7 Å². The molecule has 3 aromatic carbocycles. The zero-order chi connectivity index (χ0) is 27.8. The predicted molar refractivity (Wildman–Crippen MR) is 152 cm³/mol. The lowest BCUT2D eigenvalue weighted by atomic mass is 10.1. The highest BCUT2D eigenvalue weighted by Crippen LogP contribution is 2.46. The summed E-state index contributed by atoms with van der Waals surface area (Å²) in [4.78, 5) is 30.3. The normalized spacial score (nSPS) is 17.0. The third-order valence-electron chi connectivity index (χ3n) is 6.67. The van der Waals surface area contributed by atoms with E-state index >= 15 is 0 Å². The molecule has 4 rings (SSSR count). The van der Waals surface area contributed by atoms with E-state index in [9.17, 15) is 14.7 Å². The van der Waals surface area contributed by atoms with Gasteiger partial charge < -0.3 is 29.1 Å². The molecule has 0 aromatic heterocycles. The lowest BCUT2D eigenvalue weighted by Crippen LogP contribution is -2.45. The van der Waals surface area contributed by atoms with Crippen LogP contribution in [0, 0.1) is 0 Å². The molecule has 3 aromatic rings. The number of aliphatic carboxylic acids is 1. The van der Waals surface area contributed by atoms with Crippen molar-refractivity contribution in [2.75, 3.05) is 52.4 Å². The second-order valence-electron chi connectivity index (χ2n) is 9.30. The van der Waals surface area contributed by atoms with Crippen molar-refractivity contribution >= 4 is 29.3 Å². The summed E-state index contributed by atoms with van der Waals surface area (Å²) in [5.41, 5.74) is 2.87. The molecule has 8 nitrogen and oxygen atoms in total. The molecule has 1 N–H and O–H groups in total. The number of fused-ring (bicyclic) bond motifs is 1. The average Bonchev–Trinajstić information content (AvgIpc) is 3.07. The third-order valence-corrected chi connectivity index (χ3v) is 8.04. The number of carbonyl (C=O) groups excluding carboxylic acids is 1. The molecular formula is C30H34N2O6S. The van der Waals surface area contributed by atoms with Crippen LogP contribution in [0.15, 0.2) is 77.7 Å². The van der Waals surface area contributed by atoms with Gasteiger partial charge in [-0.1, -0.05) is 36.4 Å². The van der Waals surface area contributed by atoms with E-state index in [4.69, 9.17) is 14.2 Å². The summed E-state index contributed by atoms with van der Waals surface area (Å²) in [6.07, 6.45) is -0.110.